The van der Waals surface area contributed by atoms with Gasteiger partial charge < -0.3 is 15.8 Å². The molecule has 0 saturated carbocycles. The first kappa shape index (κ1) is 23.4. The van der Waals surface area contributed by atoms with Crippen molar-refractivity contribution < 1.29 is 9.53 Å². The van der Waals surface area contributed by atoms with Crippen LogP contribution >= 0.6 is 0 Å². The SMILES string of the molecule is CC.N=C(Cc1ccccc1)O/C(N)=N/C1N=C(c2ccccc2)c2ccccc2NC1=O. The van der Waals surface area contributed by atoms with Gasteiger partial charge in [0.2, 0.25) is 6.17 Å². The number of hydrogen-bond donors (Lipinski definition) is 3. The summed E-state index contributed by atoms with van der Waals surface area (Å²) in [7, 11) is 0. The normalized spacial score (nSPS) is 15.1. The van der Waals surface area contributed by atoms with Gasteiger partial charge in [-0.1, -0.05) is 92.7 Å². The highest BCUT2D eigenvalue weighted by Crippen LogP contribution is 2.24. The maximum Gasteiger partial charge on any atom is 0.291 e. The molecule has 1 atom stereocenters. The van der Waals surface area contributed by atoms with Gasteiger partial charge in [0.1, 0.15) is 0 Å². The minimum atomic E-state index is -1.15. The Morgan fingerprint density at radius 3 is 2.30 bits per heavy atom. The number of aliphatic imine (C=N–C) groups is 2. The van der Waals surface area contributed by atoms with Gasteiger partial charge in [-0.25, -0.2) is 4.99 Å². The molecule has 1 aliphatic heterocycles. The van der Waals surface area contributed by atoms with Crippen LogP contribution in [0.1, 0.15) is 30.5 Å². The van der Waals surface area contributed by atoms with Gasteiger partial charge in [0.05, 0.1) is 11.4 Å². The molecule has 168 valence electrons. The van der Waals surface area contributed by atoms with Crippen molar-refractivity contribution in [1.82, 2.24) is 0 Å². The first-order valence-corrected chi connectivity index (χ1v) is 10.8. The fourth-order valence-corrected chi connectivity index (χ4v) is 3.25. The van der Waals surface area contributed by atoms with E-state index in [4.69, 9.17) is 15.9 Å². The Hall–Kier alpha value is -4.26. The number of carbonyl (C=O) groups is 1. The molecular weight excluding hydrogens is 414 g/mol. The minimum absolute atomic E-state index is 0.0722. The van der Waals surface area contributed by atoms with Crippen molar-refractivity contribution >= 4 is 29.2 Å². The first-order valence-electron chi connectivity index (χ1n) is 10.8. The summed E-state index contributed by atoms with van der Waals surface area (Å²) in [5.74, 6) is -0.503. The molecule has 0 saturated heterocycles. The van der Waals surface area contributed by atoms with Crippen LogP contribution in [0.4, 0.5) is 5.69 Å². The summed E-state index contributed by atoms with van der Waals surface area (Å²) in [6.07, 6.45) is -0.884. The van der Waals surface area contributed by atoms with E-state index in [1.807, 2.05) is 98.8 Å². The molecule has 0 aliphatic carbocycles. The zero-order valence-electron chi connectivity index (χ0n) is 18.7. The molecule has 0 aromatic heterocycles. The average Bonchev–Trinajstić information content (AvgIpc) is 2.97. The van der Waals surface area contributed by atoms with Gasteiger partial charge in [0.15, 0.2) is 5.90 Å². The quantitative estimate of drug-likeness (QED) is 0.412. The second-order valence-electron chi connectivity index (χ2n) is 6.91. The van der Waals surface area contributed by atoms with E-state index in [9.17, 15) is 4.79 Å². The lowest BCUT2D eigenvalue weighted by Gasteiger charge is -2.10. The number of nitrogens with one attached hydrogen (secondary N) is 2. The van der Waals surface area contributed by atoms with Crippen molar-refractivity contribution in [3.05, 3.63) is 102 Å². The van der Waals surface area contributed by atoms with Crippen molar-refractivity contribution in [2.24, 2.45) is 15.7 Å². The Morgan fingerprint density at radius 1 is 1.00 bits per heavy atom. The van der Waals surface area contributed by atoms with Crippen molar-refractivity contribution in [3.8, 4) is 0 Å². The molecule has 3 aromatic carbocycles. The lowest BCUT2D eigenvalue weighted by molar-refractivity contribution is -0.117. The molecule has 1 aliphatic rings. The topological polar surface area (TPSA) is 113 Å². The third-order valence-corrected chi connectivity index (χ3v) is 4.66. The maximum absolute atomic E-state index is 12.8. The van der Waals surface area contributed by atoms with Crippen LogP contribution in [0.15, 0.2) is 94.9 Å². The van der Waals surface area contributed by atoms with E-state index in [0.717, 1.165) is 16.7 Å². The highest BCUT2D eigenvalue weighted by Gasteiger charge is 2.25. The van der Waals surface area contributed by atoms with E-state index in [1.165, 1.54) is 0 Å². The van der Waals surface area contributed by atoms with Gasteiger partial charge >= 0.3 is 0 Å². The largest absolute Gasteiger partial charge is 0.412 e. The Labute approximate surface area is 193 Å². The molecule has 4 rings (SSSR count). The molecule has 7 heteroatoms. The number of benzene rings is 3. The lowest BCUT2D eigenvalue weighted by Crippen LogP contribution is -2.29. The smallest absolute Gasteiger partial charge is 0.291 e. The summed E-state index contributed by atoms with van der Waals surface area (Å²) in [6, 6.07) is 26.1. The van der Waals surface area contributed by atoms with Crippen LogP contribution in [-0.4, -0.2) is 29.7 Å². The van der Waals surface area contributed by atoms with Crippen LogP contribution in [0.25, 0.3) is 0 Å². The maximum atomic E-state index is 12.8. The third kappa shape index (κ3) is 6.13. The molecule has 0 spiro atoms. The van der Waals surface area contributed by atoms with Gasteiger partial charge in [-0.3, -0.25) is 10.2 Å². The number of benzodiazepines with no additional fused rings is 1. The summed E-state index contributed by atoms with van der Waals surface area (Å²) in [4.78, 5) is 21.5. The highest BCUT2D eigenvalue weighted by atomic mass is 16.5. The number of amides is 1. The molecular formula is C26H27N5O2. The molecule has 1 amide bonds. The highest BCUT2D eigenvalue weighted by molar-refractivity contribution is 6.19. The zero-order chi connectivity index (χ0) is 23.6. The van der Waals surface area contributed by atoms with Crippen molar-refractivity contribution in [2.75, 3.05) is 5.32 Å². The number of carbonyl (C=O) groups excluding carboxylic acids is 1. The number of ether oxygens (including phenoxy) is 1. The number of amidine groups is 1. The second kappa shape index (κ2) is 11.4. The monoisotopic (exact) mass is 441 g/mol. The second-order valence-corrected chi connectivity index (χ2v) is 6.91. The molecule has 33 heavy (non-hydrogen) atoms. The molecule has 4 N–H and O–H groups in total. The van der Waals surface area contributed by atoms with E-state index in [-0.39, 0.29) is 18.3 Å². The molecule has 3 aromatic rings. The number of fused-ring (bicyclic) bond motifs is 1. The standard InChI is InChI=1S/C24H21N5O2.C2H6/c25-20(15-16-9-3-1-4-10-16)31-24(26)29-22-23(30)27-19-14-8-7-13-18(19)21(28-22)17-11-5-2-6-12-17;1-2/h1-14,22,25H,15H2,(H2,26,29)(H,27,30);1-2H3. The number of hydrogen-bond acceptors (Lipinski definition) is 5. The van der Waals surface area contributed by atoms with Gasteiger partial charge in [-0.05, 0) is 11.6 Å². The van der Waals surface area contributed by atoms with E-state index in [1.54, 1.807) is 0 Å². The van der Waals surface area contributed by atoms with Crippen LogP contribution in [0, 0.1) is 5.41 Å². The van der Waals surface area contributed by atoms with Gasteiger partial charge in [0.25, 0.3) is 11.9 Å². The van der Waals surface area contributed by atoms with Gasteiger partial charge in [-0.15, -0.1) is 0 Å². The number of rotatable bonds is 4. The van der Waals surface area contributed by atoms with E-state index in [0.29, 0.717) is 11.4 Å². The molecule has 0 radical (unpaired) electrons. The van der Waals surface area contributed by atoms with E-state index < -0.39 is 12.1 Å². The van der Waals surface area contributed by atoms with Crippen molar-refractivity contribution in [2.45, 2.75) is 26.4 Å². The first-order chi connectivity index (χ1) is 16.1. The molecule has 7 nitrogen and oxygen atoms in total. The number of nitrogens with two attached hydrogens (primary N) is 1. The van der Waals surface area contributed by atoms with Crippen LogP contribution in [0.3, 0.4) is 0 Å². The summed E-state index contributed by atoms with van der Waals surface area (Å²) in [5.41, 5.74) is 9.71. The zero-order valence-corrected chi connectivity index (χ0v) is 18.7. The molecule has 1 unspecified atom stereocenters. The Morgan fingerprint density at radius 2 is 1.61 bits per heavy atom. The summed E-state index contributed by atoms with van der Waals surface area (Å²) < 4.78 is 5.33. The fourth-order valence-electron chi connectivity index (χ4n) is 3.25. The number of nitrogens with zero attached hydrogens (tertiary/aromatic N) is 2. The predicted octanol–water partition coefficient (Wildman–Crippen LogP) is 4.38. The van der Waals surface area contributed by atoms with Gasteiger partial charge in [-0.2, -0.15) is 4.99 Å². The summed E-state index contributed by atoms with van der Waals surface area (Å²) in [5, 5.41) is 10.9. The van der Waals surface area contributed by atoms with E-state index >= 15 is 0 Å². The van der Waals surface area contributed by atoms with Crippen LogP contribution < -0.4 is 11.1 Å². The van der Waals surface area contributed by atoms with Crippen LogP contribution in [-0.2, 0) is 16.0 Å². The van der Waals surface area contributed by atoms with Crippen molar-refractivity contribution in [3.63, 3.8) is 0 Å². The average molecular weight is 442 g/mol. The fraction of sp³-hybridized carbons (Fsp3) is 0.154. The van der Waals surface area contributed by atoms with E-state index in [2.05, 4.69) is 15.3 Å². The summed E-state index contributed by atoms with van der Waals surface area (Å²) in [6.45, 7) is 4.00. The Bertz CT molecular complexity index is 1160. The summed E-state index contributed by atoms with van der Waals surface area (Å²) >= 11 is 0. The van der Waals surface area contributed by atoms with Gasteiger partial charge in [0, 0.05) is 17.5 Å². The number of anilines is 1. The Kier molecular flexibility index (Phi) is 8.07. The third-order valence-electron chi connectivity index (χ3n) is 4.66. The lowest BCUT2D eigenvalue weighted by atomic mass is 10.0. The molecule has 0 bridgehead atoms. The minimum Gasteiger partial charge on any atom is -0.412 e. The van der Waals surface area contributed by atoms with Crippen LogP contribution in [0.2, 0.25) is 0 Å². The molecule has 1 heterocycles. The van der Waals surface area contributed by atoms with Crippen LogP contribution in [0.5, 0.6) is 0 Å². The predicted molar refractivity (Wildman–Crippen MR) is 133 cm³/mol. The number of para-hydroxylation sites is 1. The molecule has 0 fully saturated rings. The Balaban J connectivity index is 0.00000149. The van der Waals surface area contributed by atoms with Crippen molar-refractivity contribution in [1.29, 1.82) is 5.41 Å².